The SMILES string of the molecule is OB(O)O.[Ag].[AlH3]. The number of hydrogen-bond donors (Lipinski definition) is 3. The Bertz CT molecular complexity index is 15.5. The maximum Gasteiger partial charge on any atom is 0.631 e. The molecule has 6 heavy (non-hydrogen) atoms. The smallest absolute Gasteiger partial charge is 0.402 e. The average molecular weight is 200 g/mol. The quantitative estimate of drug-likeness (QED) is 0.360. The molecule has 1 radical (unpaired) electrons. The summed E-state index contributed by atoms with van der Waals surface area (Å²) in [5.41, 5.74) is 0. The van der Waals surface area contributed by atoms with Crippen molar-refractivity contribution >= 4 is 24.7 Å². The van der Waals surface area contributed by atoms with Gasteiger partial charge in [-0.3, -0.25) is 0 Å². The van der Waals surface area contributed by atoms with Gasteiger partial charge in [0.2, 0.25) is 0 Å². The number of hydrogen-bond acceptors (Lipinski definition) is 3. The van der Waals surface area contributed by atoms with E-state index in [1.807, 2.05) is 0 Å². The van der Waals surface area contributed by atoms with Gasteiger partial charge in [0.15, 0.2) is 17.4 Å². The standard InChI is InChI=1S/Ag.Al.BH3O3.3H/c;;2-1(3)4;;;/h;;2-4H;;;. The van der Waals surface area contributed by atoms with Crippen LogP contribution in [0.3, 0.4) is 0 Å². The molecule has 0 heterocycles. The Morgan fingerprint density at radius 3 is 1.00 bits per heavy atom. The fourth-order valence-corrected chi connectivity index (χ4v) is 0. The van der Waals surface area contributed by atoms with E-state index < -0.39 is 7.32 Å². The molecular weight excluding hydrogens is 194 g/mol. The molecule has 0 bridgehead atoms. The molecule has 6 heteroatoms. The third kappa shape index (κ3) is 62.6. The van der Waals surface area contributed by atoms with E-state index in [0.717, 1.165) is 0 Å². The van der Waals surface area contributed by atoms with Crippen LogP contribution in [0.5, 0.6) is 0 Å². The summed E-state index contributed by atoms with van der Waals surface area (Å²) in [4.78, 5) is 0. The fraction of sp³-hybridized carbons (Fsp3) is 0. The van der Waals surface area contributed by atoms with Crippen LogP contribution >= 0.6 is 0 Å². The van der Waals surface area contributed by atoms with E-state index in [-0.39, 0.29) is 39.7 Å². The molecule has 0 aliphatic heterocycles. The van der Waals surface area contributed by atoms with Crippen LogP contribution in [0.4, 0.5) is 0 Å². The first-order valence-electron chi connectivity index (χ1n) is 0.775. The Kier molecular flexibility index (Phi) is 24.9. The first-order valence-corrected chi connectivity index (χ1v) is 0.775. The summed E-state index contributed by atoms with van der Waals surface area (Å²) in [5, 5.41) is 21.5. The second-order valence-corrected chi connectivity index (χ2v) is 0.346. The van der Waals surface area contributed by atoms with Crippen LogP contribution < -0.4 is 0 Å². The summed E-state index contributed by atoms with van der Waals surface area (Å²) in [5.74, 6) is 0. The first-order chi connectivity index (χ1) is 1.73. The van der Waals surface area contributed by atoms with Crippen LogP contribution in [0.2, 0.25) is 0 Å². The molecule has 0 atom stereocenters. The normalized spacial score (nSPS) is 4.50. The van der Waals surface area contributed by atoms with Crippen LogP contribution in [0, 0.1) is 0 Å². The molecule has 0 unspecified atom stereocenters. The van der Waals surface area contributed by atoms with E-state index in [0.29, 0.717) is 0 Å². The van der Waals surface area contributed by atoms with Crippen molar-refractivity contribution in [1.29, 1.82) is 0 Å². The maximum atomic E-state index is 7.17. The summed E-state index contributed by atoms with van der Waals surface area (Å²) in [6.45, 7) is 0. The number of rotatable bonds is 0. The average Bonchev–Trinajstić information content (AvgIpc) is 0.811. The topological polar surface area (TPSA) is 60.7 Å². The van der Waals surface area contributed by atoms with Crippen molar-refractivity contribution in [3.63, 3.8) is 0 Å². The third-order valence-corrected chi connectivity index (χ3v) is 0. The monoisotopic (exact) mass is 199 g/mol. The molecule has 0 aromatic carbocycles. The van der Waals surface area contributed by atoms with Gasteiger partial charge in [0.25, 0.3) is 0 Å². The molecule has 0 fully saturated rings. The van der Waals surface area contributed by atoms with Gasteiger partial charge in [0.05, 0.1) is 0 Å². The summed E-state index contributed by atoms with van der Waals surface area (Å²) in [6, 6.07) is 0. The van der Waals surface area contributed by atoms with Gasteiger partial charge in [-0.05, 0) is 0 Å². The van der Waals surface area contributed by atoms with Gasteiger partial charge in [-0.2, -0.15) is 0 Å². The van der Waals surface area contributed by atoms with Crippen molar-refractivity contribution in [3.05, 3.63) is 0 Å². The predicted octanol–water partition coefficient (Wildman–Crippen LogP) is -3.24. The Morgan fingerprint density at radius 2 is 1.00 bits per heavy atom. The zero-order valence-electron chi connectivity index (χ0n) is 2.22. The van der Waals surface area contributed by atoms with E-state index in [1.165, 1.54) is 0 Å². The molecule has 0 aliphatic carbocycles. The van der Waals surface area contributed by atoms with Gasteiger partial charge in [-0.1, -0.05) is 0 Å². The Hall–Kier alpha value is 1.22. The van der Waals surface area contributed by atoms with Crippen LogP contribution in [0.15, 0.2) is 0 Å². The van der Waals surface area contributed by atoms with Crippen LogP contribution in [-0.4, -0.2) is 39.8 Å². The summed E-state index contributed by atoms with van der Waals surface area (Å²) in [6.07, 6.45) is 0. The van der Waals surface area contributed by atoms with E-state index in [9.17, 15) is 0 Å². The largest absolute Gasteiger partial charge is 0.631 e. The molecule has 41 valence electrons. The summed E-state index contributed by atoms with van der Waals surface area (Å²) in [7, 11) is -2.17. The predicted molar refractivity (Wildman–Crippen MR) is 22.3 cm³/mol. The van der Waals surface area contributed by atoms with Crippen molar-refractivity contribution in [2.75, 3.05) is 0 Å². The van der Waals surface area contributed by atoms with Crippen molar-refractivity contribution in [2.45, 2.75) is 0 Å². The molecule has 0 rings (SSSR count). The Balaban J connectivity index is -0.0000000450. The van der Waals surface area contributed by atoms with Crippen molar-refractivity contribution in [2.24, 2.45) is 0 Å². The molecule has 0 saturated heterocycles. The van der Waals surface area contributed by atoms with Crippen molar-refractivity contribution < 1.29 is 37.5 Å². The molecule has 0 aromatic heterocycles. The third-order valence-electron chi connectivity index (χ3n) is 0. The minimum Gasteiger partial charge on any atom is -0.402 e. The van der Waals surface area contributed by atoms with E-state index in [4.69, 9.17) is 15.1 Å². The second-order valence-electron chi connectivity index (χ2n) is 0.346. The molecule has 3 nitrogen and oxygen atoms in total. The van der Waals surface area contributed by atoms with E-state index >= 15 is 0 Å². The van der Waals surface area contributed by atoms with Gasteiger partial charge in [-0.25, -0.2) is 0 Å². The van der Waals surface area contributed by atoms with Crippen LogP contribution in [0.1, 0.15) is 0 Å². The zero-order valence-corrected chi connectivity index (χ0v) is 3.70. The maximum absolute atomic E-state index is 7.17. The molecule has 0 aromatic rings. The fourth-order valence-electron chi connectivity index (χ4n) is 0. The van der Waals surface area contributed by atoms with E-state index in [2.05, 4.69) is 0 Å². The second kappa shape index (κ2) is 9.52. The molecule has 0 amide bonds. The minimum absolute atomic E-state index is 0. The van der Waals surface area contributed by atoms with E-state index in [1.54, 1.807) is 0 Å². The van der Waals surface area contributed by atoms with Crippen LogP contribution in [-0.2, 0) is 22.4 Å². The van der Waals surface area contributed by atoms with Crippen LogP contribution in [0.25, 0.3) is 0 Å². The van der Waals surface area contributed by atoms with Gasteiger partial charge in [0.1, 0.15) is 0 Å². The Labute approximate surface area is 62.2 Å². The van der Waals surface area contributed by atoms with Gasteiger partial charge >= 0.3 is 7.32 Å². The molecular formula is H6AgAlBO3. The van der Waals surface area contributed by atoms with Gasteiger partial charge in [0, 0.05) is 22.4 Å². The first kappa shape index (κ1) is 15.7. The summed E-state index contributed by atoms with van der Waals surface area (Å²) < 4.78 is 0. The molecule has 0 spiro atoms. The molecule has 0 aliphatic rings. The molecule has 3 N–H and O–H groups in total. The van der Waals surface area contributed by atoms with Gasteiger partial charge in [-0.15, -0.1) is 0 Å². The Morgan fingerprint density at radius 1 is 1.00 bits per heavy atom. The van der Waals surface area contributed by atoms with Crippen molar-refractivity contribution in [3.8, 4) is 0 Å². The summed E-state index contributed by atoms with van der Waals surface area (Å²) >= 11 is 0. The minimum atomic E-state index is -2.17. The zero-order chi connectivity index (χ0) is 3.58. The van der Waals surface area contributed by atoms with Gasteiger partial charge < -0.3 is 15.1 Å². The van der Waals surface area contributed by atoms with Crippen molar-refractivity contribution in [1.82, 2.24) is 0 Å². The molecule has 0 saturated carbocycles.